The van der Waals surface area contributed by atoms with Crippen molar-refractivity contribution in [2.45, 2.75) is 0 Å². The van der Waals surface area contributed by atoms with Crippen molar-refractivity contribution in [1.82, 2.24) is 0 Å². The van der Waals surface area contributed by atoms with Gasteiger partial charge in [-0.2, -0.15) is 0 Å². The molecular formula is BiCl3F3O6Sb3. The molecule has 0 aliphatic rings. The van der Waals surface area contributed by atoms with Crippen molar-refractivity contribution in [2.24, 2.45) is 0 Å². The number of rotatable bonds is 0. The molecule has 0 heterocycles. The van der Waals surface area contributed by atoms with Crippen LogP contribution in [0.15, 0.2) is 0 Å². The second-order valence-corrected chi connectivity index (χ2v) is 16.5. The van der Waals surface area contributed by atoms with Crippen LogP contribution >= 0.6 is 26.5 Å². The molecule has 2 radical (unpaired) electrons. The van der Waals surface area contributed by atoms with E-state index in [-0.39, 0.29) is 26.2 Å². The van der Waals surface area contributed by atoms with Gasteiger partial charge in [0.1, 0.15) is 0 Å². The molecule has 0 amide bonds. The average Bonchev–Trinajstić information content (AvgIpc) is 1.41. The van der Waals surface area contributed by atoms with Gasteiger partial charge in [0.05, 0.1) is 0 Å². The van der Waals surface area contributed by atoms with Crippen LogP contribution in [-0.4, -0.2) is 82.2 Å². The molecule has 0 rings (SSSR count). The number of hydrogen-bond donors (Lipinski definition) is 0. The van der Waals surface area contributed by atoms with E-state index in [9.17, 15) is 8.44 Å². The maximum absolute atomic E-state index is 10.5. The van der Waals surface area contributed by atoms with E-state index in [0.717, 1.165) is 0 Å². The summed E-state index contributed by atoms with van der Waals surface area (Å²) in [5.74, 6) is 0. The summed E-state index contributed by atoms with van der Waals surface area (Å²) in [7, 11) is 11.9. The normalized spacial score (nSPS) is 20.1. The molecule has 0 aromatic heterocycles. The summed E-state index contributed by atoms with van der Waals surface area (Å²) < 4.78 is 84.7. The Bertz CT molecular complexity index is 220. The van der Waals surface area contributed by atoms with Gasteiger partial charge < -0.3 is 0 Å². The van der Waals surface area contributed by atoms with Crippen LogP contribution in [0.2, 0.25) is 0 Å². The van der Waals surface area contributed by atoms with Crippen molar-refractivity contribution < 1.29 is 27.6 Å². The second kappa shape index (κ2) is 12.1. The van der Waals surface area contributed by atoms with Gasteiger partial charge in [0.25, 0.3) is 0 Å². The van der Waals surface area contributed by atoms with E-state index in [0.29, 0.717) is 0 Å². The molecule has 3 atom stereocenters. The third-order valence-corrected chi connectivity index (χ3v) is 0. The molecule has 0 fully saturated rings. The molecule has 0 saturated heterocycles. The molecule has 0 bridgehead atoms. The topological polar surface area (TPSA) is 120 Å². The quantitative estimate of drug-likeness (QED) is 0.258. The van der Waals surface area contributed by atoms with Gasteiger partial charge in [-0.3, -0.25) is 0 Å². The van der Waals surface area contributed by atoms with E-state index in [1.807, 2.05) is 0 Å². The fourth-order valence-electron chi connectivity index (χ4n) is 0. The summed E-state index contributed by atoms with van der Waals surface area (Å²) >= 11 is -16.9. The van der Waals surface area contributed by atoms with Crippen LogP contribution in [-0.2, 0) is 9.05 Å². The minimum absolute atomic E-state index is 0. The molecule has 0 spiro atoms. The van der Waals surface area contributed by atoms with Crippen molar-refractivity contribution in [3.8, 4) is 0 Å². The summed E-state index contributed by atoms with van der Waals surface area (Å²) in [5.41, 5.74) is 0. The monoisotopic (exact) mass is 830 g/mol. The van der Waals surface area contributed by atoms with Crippen LogP contribution in [0.5, 0.6) is 0 Å². The van der Waals surface area contributed by atoms with E-state index < -0.39 is 56.0 Å². The summed E-state index contributed by atoms with van der Waals surface area (Å²) in [6.45, 7) is 0. The number of halogens is 6. The Balaban J connectivity index is -0.0000000655. The van der Waals surface area contributed by atoms with E-state index in [4.69, 9.17) is 19.2 Å². The number of hydrogen-bond acceptors (Lipinski definition) is 6. The molecule has 3 unspecified atom stereocenters. The summed E-state index contributed by atoms with van der Waals surface area (Å²) in [5, 5.41) is 0. The van der Waals surface area contributed by atoms with E-state index >= 15 is 0 Å². The predicted molar refractivity (Wildman–Crippen MR) is 46.0 cm³/mol. The molecule has 16 heavy (non-hydrogen) atoms. The standard InChI is InChI=1S/Bi.3ClH.3FH.6O.3Sb/h;6*1H;;;;;;;;;/q+3;;;;;;;;;;3*-1;3*+2/p-6. The second-order valence-electron chi connectivity index (χ2n) is 1.24. The first-order valence-corrected chi connectivity index (χ1v) is 21.0. The van der Waals surface area contributed by atoms with Crippen molar-refractivity contribution in [2.75, 3.05) is 0 Å². The molecule has 0 aromatic carbocycles. The van der Waals surface area contributed by atoms with Gasteiger partial charge in [0.15, 0.2) is 0 Å². The van der Waals surface area contributed by atoms with Crippen LogP contribution in [0.4, 0.5) is 8.44 Å². The first kappa shape index (κ1) is 27.6. The van der Waals surface area contributed by atoms with Crippen LogP contribution < -0.4 is 10.2 Å². The molecule has 98 valence electrons. The van der Waals surface area contributed by atoms with Crippen molar-refractivity contribution in [1.29, 1.82) is 0 Å². The summed E-state index contributed by atoms with van der Waals surface area (Å²) in [4.78, 5) is 0. The van der Waals surface area contributed by atoms with Crippen molar-refractivity contribution >= 4 is 109 Å². The zero-order chi connectivity index (χ0) is 13.5. The van der Waals surface area contributed by atoms with Crippen LogP contribution in [0.1, 0.15) is 0 Å². The van der Waals surface area contributed by atoms with E-state index in [1.54, 1.807) is 0 Å². The Morgan fingerprint density at radius 1 is 0.688 bits per heavy atom. The zero-order valence-corrected chi connectivity index (χ0v) is 19.9. The zero-order valence-electron chi connectivity index (χ0n) is 6.51. The average molecular weight is 834 g/mol. The fraction of sp³-hybridized carbons (Fsp3) is 0. The van der Waals surface area contributed by atoms with Crippen LogP contribution in [0, 0.1) is 0 Å². The summed E-state index contributed by atoms with van der Waals surface area (Å²) in [6, 6.07) is 0. The molecule has 6 nitrogen and oxygen atoms in total. The van der Waals surface area contributed by atoms with Gasteiger partial charge in [-0.1, -0.05) is 0 Å². The Hall–Kier alpha value is 3.28. The third kappa shape index (κ3) is 426. The first-order valence-electron chi connectivity index (χ1n) is 2.11. The Kier molecular flexibility index (Phi) is 20.8. The molecule has 0 saturated carbocycles. The van der Waals surface area contributed by atoms with E-state index in [1.165, 1.54) is 0 Å². The van der Waals surface area contributed by atoms with Gasteiger partial charge in [0, 0.05) is 0 Å². The Labute approximate surface area is 133 Å². The SMILES string of the molecule is [Bi+3].[O]=[Sb]([O-])([F])[Cl].[O]=[Sb]([O-])([F])[Cl].[O]=[Sb]([O-])([F])[Cl]. The van der Waals surface area contributed by atoms with E-state index in [2.05, 4.69) is 26.5 Å². The Morgan fingerprint density at radius 2 is 0.688 bits per heavy atom. The molecule has 0 N–H and O–H groups in total. The van der Waals surface area contributed by atoms with Gasteiger partial charge in [-0.25, -0.2) is 0 Å². The molecule has 0 aromatic rings. The molecular weight excluding hydrogens is 834 g/mol. The van der Waals surface area contributed by atoms with Gasteiger partial charge in [0.2, 0.25) is 0 Å². The minimum atomic E-state index is -5.63. The maximum atomic E-state index is 10.5. The first-order chi connectivity index (χ1) is 6.00. The van der Waals surface area contributed by atoms with Crippen LogP contribution in [0.3, 0.4) is 0 Å². The molecule has 16 heteroatoms. The van der Waals surface area contributed by atoms with Crippen molar-refractivity contribution in [3.63, 3.8) is 0 Å². The predicted octanol–water partition coefficient (Wildman–Crippen LogP) is -2.12. The van der Waals surface area contributed by atoms with Crippen LogP contribution in [0.25, 0.3) is 0 Å². The third-order valence-electron chi connectivity index (χ3n) is 0. The fourth-order valence-corrected chi connectivity index (χ4v) is 0. The van der Waals surface area contributed by atoms with Gasteiger partial charge >= 0.3 is 136 Å². The molecule has 0 aliphatic heterocycles. The molecule has 0 aliphatic carbocycles. The van der Waals surface area contributed by atoms with Gasteiger partial charge in [-0.15, -0.1) is 0 Å². The van der Waals surface area contributed by atoms with Gasteiger partial charge in [-0.05, 0) is 0 Å². The summed E-state index contributed by atoms with van der Waals surface area (Å²) in [6.07, 6.45) is 0. The van der Waals surface area contributed by atoms with Crippen molar-refractivity contribution in [3.05, 3.63) is 0 Å². The Morgan fingerprint density at radius 3 is 0.688 bits per heavy atom.